The summed E-state index contributed by atoms with van der Waals surface area (Å²) in [6.07, 6.45) is 5.48. The number of carbonyl (C=O) groups is 1. The second-order valence-corrected chi connectivity index (χ2v) is 5.37. The van der Waals surface area contributed by atoms with Crippen LogP contribution in [0.5, 0.6) is 0 Å². The first-order valence-corrected chi connectivity index (χ1v) is 7.21. The van der Waals surface area contributed by atoms with E-state index in [0.717, 1.165) is 49.1 Å². The SMILES string of the molecule is CCCN(CCN(C)C)c1ncc(/C=C/C(=O)O)cc1C. The molecule has 1 aromatic rings. The Morgan fingerprint density at radius 3 is 2.57 bits per heavy atom. The van der Waals surface area contributed by atoms with E-state index in [4.69, 9.17) is 5.11 Å². The number of aryl methyl sites for hydroxylation is 1. The predicted octanol–water partition coefficient (Wildman–Crippen LogP) is 2.27. The number of hydrogen-bond donors (Lipinski definition) is 1. The van der Waals surface area contributed by atoms with E-state index in [1.54, 1.807) is 12.3 Å². The Morgan fingerprint density at radius 2 is 2.05 bits per heavy atom. The maximum atomic E-state index is 10.5. The molecular weight excluding hydrogens is 266 g/mol. The number of aromatic nitrogens is 1. The predicted molar refractivity (Wildman–Crippen MR) is 86.7 cm³/mol. The van der Waals surface area contributed by atoms with Crippen LogP contribution in [0.2, 0.25) is 0 Å². The first-order valence-electron chi connectivity index (χ1n) is 7.21. The third kappa shape index (κ3) is 5.95. The van der Waals surface area contributed by atoms with Gasteiger partial charge in [0.2, 0.25) is 0 Å². The lowest BCUT2D eigenvalue weighted by Gasteiger charge is -2.26. The van der Waals surface area contributed by atoms with Gasteiger partial charge >= 0.3 is 5.97 Å². The summed E-state index contributed by atoms with van der Waals surface area (Å²) in [5.74, 6) is 0.0292. The minimum Gasteiger partial charge on any atom is -0.478 e. The number of anilines is 1. The van der Waals surface area contributed by atoms with E-state index in [1.165, 1.54) is 0 Å². The molecule has 1 rings (SSSR count). The Balaban J connectivity index is 2.90. The van der Waals surface area contributed by atoms with Crippen LogP contribution in [0.1, 0.15) is 24.5 Å². The number of carboxylic acids is 1. The Kier molecular flexibility index (Phi) is 6.88. The molecule has 21 heavy (non-hydrogen) atoms. The van der Waals surface area contributed by atoms with Crippen LogP contribution in [0.25, 0.3) is 6.08 Å². The summed E-state index contributed by atoms with van der Waals surface area (Å²) in [6.45, 7) is 7.04. The van der Waals surface area contributed by atoms with Gasteiger partial charge in [0.25, 0.3) is 0 Å². The molecular formula is C16H25N3O2. The van der Waals surface area contributed by atoms with Crippen molar-refractivity contribution in [3.63, 3.8) is 0 Å². The molecule has 0 radical (unpaired) electrons. The van der Waals surface area contributed by atoms with E-state index in [9.17, 15) is 4.79 Å². The highest BCUT2D eigenvalue weighted by Crippen LogP contribution is 2.19. The van der Waals surface area contributed by atoms with E-state index in [1.807, 2.05) is 13.0 Å². The summed E-state index contributed by atoms with van der Waals surface area (Å²) in [5, 5.41) is 8.66. The van der Waals surface area contributed by atoms with Gasteiger partial charge in [0.1, 0.15) is 5.82 Å². The molecule has 0 spiro atoms. The molecule has 116 valence electrons. The topological polar surface area (TPSA) is 56.7 Å². The zero-order valence-corrected chi connectivity index (χ0v) is 13.3. The molecule has 0 saturated heterocycles. The molecule has 0 aromatic carbocycles. The third-order valence-electron chi connectivity index (χ3n) is 3.10. The fraction of sp³-hybridized carbons (Fsp3) is 0.500. The minimum atomic E-state index is -0.949. The molecule has 1 heterocycles. The molecule has 0 amide bonds. The van der Waals surface area contributed by atoms with Gasteiger partial charge in [-0.25, -0.2) is 9.78 Å². The van der Waals surface area contributed by atoms with E-state index >= 15 is 0 Å². The lowest BCUT2D eigenvalue weighted by Crippen LogP contribution is -2.33. The molecule has 5 heteroatoms. The average molecular weight is 291 g/mol. The second kappa shape index (κ2) is 8.42. The highest BCUT2D eigenvalue weighted by atomic mass is 16.4. The standard InChI is InChI=1S/C16H25N3O2/c1-5-8-19(10-9-18(3)4)16-13(2)11-14(12-17-16)6-7-15(20)21/h6-7,11-12H,5,8-10H2,1-4H3,(H,20,21)/b7-6+. The highest BCUT2D eigenvalue weighted by molar-refractivity contribution is 5.85. The van der Waals surface area contributed by atoms with Crippen LogP contribution < -0.4 is 4.90 Å². The van der Waals surface area contributed by atoms with E-state index < -0.39 is 5.97 Å². The lowest BCUT2D eigenvalue weighted by atomic mass is 10.2. The van der Waals surface area contributed by atoms with Crippen molar-refractivity contribution in [1.29, 1.82) is 0 Å². The molecule has 0 atom stereocenters. The number of rotatable bonds is 8. The number of nitrogens with zero attached hydrogens (tertiary/aromatic N) is 3. The molecule has 0 unspecified atom stereocenters. The minimum absolute atomic E-state index is 0.808. The van der Waals surface area contributed by atoms with Crippen LogP contribution in [0.4, 0.5) is 5.82 Å². The quantitative estimate of drug-likeness (QED) is 0.745. The summed E-state index contributed by atoms with van der Waals surface area (Å²) in [6, 6.07) is 1.97. The van der Waals surface area contributed by atoms with Crippen molar-refractivity contribution in [3.8, 4) is 0 Å². The Labute approximate surface area is 126 Å². The molecule has 0 saturated carbocycles. The fourth-order valence-corrected chi connectivity index (χ4v) is 2.09. The van der Waals surface area contributed by atoms with Gasteiger partial charge < -0.3 is 14.9 Å². The van der Waals surface area contributed by atoms with Crippen molar-refractivity contribution in [2.45, 2.75) is 20.3 Å². The van der Waals surface area contributed by atoms with Crippen molar-refractivity contribution in [2.75, 3.05) is 38.6 Å². The van der Waals surface area contributed by atoms with Crippen LogP contribution in [-0.4, -0.2) is 54.7 Å². The number of pyridine rings is 1. The molecule has 0 aliphatic heterocycles. The first-order chi connectivity index (χ1) is 9.93. The maximum absolute atomic E-state index is 10.5. The van der Waals surface area contributed by atoms with Crippen LogP contribution in [0.3, 0.4) is 0 Å². The monoisotopic (exact) mass is 291 g/mol. The normalized spacial score (nSPS) is 11.3. The van der Waals surface area contributed by atoms with Crippen molar-refractivity contribution in [2.24, 2.45) is 0 Å². The Morgan fingerprint density at radius 1 is 1.33 bits per heavy atom. The maximum Gasteiger partial charge on any atom is 0.328 e. The zero-order chi connectivity index (χ0) is 15.8. The van der Waals surface area contributed by atoms with Gasteiger partial charge in [-0.3, -0.25) is 0 Å². The summed E-state index contributed by atoms with van der Waals surface area (Å²) in [4.78, 5) is 19.5. The summed E-state index contributed by atoms with van der Waals surface area (Å²) in [7, 11) is 4.12. The van der Waals surface area contributed by atoms with Crippen molar-refractivity contribution >= 4 is 17.9 Å². The van der Waals surface area contributed by atoms with Gasteiger partial charge in [0.05, 0.1) is 0 Å². The van der Waals surface area contributed by atoms with Crippen molar-refractivity contribution in [3.05, 3.63) is 29.5 Å². The van der Waals surface area contributed by atoms with Crippen LogP contribution in [-0.2, 0) is 4.79 Å². The van der Waals surface area contributed by atoms with E-state index in [0.29, 0.717) is 0 Å². The van der Waals surface area contributed by atoms with Gasteiger partial charge in [-0.05, 0) is 50.7 Å². The fourth-order valence-electron chi connectivity index (χ4n) is 2.09. The largest absolute Gasteiger partial charge is 0.478 e. The van der Waals surface area contributed by atoms with Crippen molar-refractivity contribution in [1.82, 2.24) is 9.88 Å². The number of aliphatic carboxylic acids is 1. The highest BCUT2D eigenvalue weighted by Gasteiger charge is 2.10. The molecule has 0 fully saturated rings. The number of carboxylic acid groups (broad SMARTS) is 1. The Hall–Kier alpha value is -1.88. The first kappa shape index (κ1) is 17.2. The number of likely N-dealkylation sites (N-methyl/N-ethyl adjacent to an activating group) is 1. The molecule has 0 bridgehead atoms. The van der Waals surface area contributed by atoms with E-state index in [2.05, 4.69) is 35.8 Å². The molecule has 0 aliphatic rings. The molecule has 1 N–H and O–H groups in total. The van der Waals surface area contributed by atoms with E-state index in [-0.39, 0.29) is 0 Å². The van der Waals surface area contributed by atoms with Crippen molar-refractivity contribution < 1.29 is 9.90 Å². The summed E-state index contributed by atoms with van der Waals surface area (Å²) < 4.78 is 0. The van der Waals surface area contributed by atoms with Crippen LogP contribution >= 0.6 is 0 Å². The lowest BCUT2D eigenvalue weighted by molar-refractivity contribution is -0.131. The van der Waals surface area contributed by atoms with Crippen LogP contribution in [0.15, 0.2) is 18.3 Å². The van der Waals surface area contributed by atoms with Gasteiger partial charge in [0, 0.05) is 31.9 Å². The second-order valence-electron chi connectivity index (χ2n) is 5.37. The van der Waals surface area contributed by atoms with Gasteiger partial charge in [-0.15, -0.1) is 0 Å². The van der Waals surface area contributed by atoms with Gasteiger partial charge in [-0.1, -0.05) is 6.92 Å². The zero-order valence-electron chi connectivity index (χ0n) is 13.3. The summed E-state index contributed by atoms with van der Waals surface area (Å²) >= 11 is 0. The molecule has 0 aliphatic carbocycles. The third-order valence-corrected chi connectivity index (χ3v) is 3.10. The molecule has 1 aromatic heterocycles. The summed E-state index contributed by atoms with van der Waals surface area (Å²) in [5.41, 5.74) is 1.87. The smallest absolute Gasteiger partial charge is 0.328 e. The number of hydrogen-bond acceptors (Lipinski definition) is 4. The average Bonchev–Trinajstić information content (AvgIpc) is 2.41. The van der Waals surface area contributed by atoms with Gasteiger partial charge in [-0.2, -0.15) is 0 Å². The van der Waals surface area contributed by atoms with Gasteiger partial charge in [0.15, 0.2) is 0 Å². The Bertz CT molecular complexity index is 498. The van der Waals surface area contributed by atoms with Crippen LogP contribution in [0, 0.1) is 6.92 Å². The molecule has 5 nitrogen and oxygen atoms in total.